The average molecular weight is 252 g/mol. The van der Waals surface area contributed by atoms with Crippen LogP contribution in [0.3, 0.4) is 0 Å². The Balaban J connectivity index is 2.39. The van der Waals surface area contributed by atoms with Crippen molar-refractivity contribution in [1.82, 2.24) is 4.98 Å². The van der Waals surface area contributed by atoms with Gasteiger partial charge in [-0.3, -0.25) is 0 Å². The van der Waals surface area contributed by atoms with Crippen molar-refractivity contribution >= 4 is 15.9 Å². The van der Waals surface area contributed by atoms with Gasteiger partial charge < -0.3 is 4.42 Å². The predicted molar refractivity (Wildman–Crippen MR) is 59.3 cm³/mol. The number of benzene rings is 1. The Bertz CT molecular complexity index is 436. The molecule has 0 saturated heterocycles. The second-order valence-electron chi connectivity index (χ2n) is 3.13. The van der Waals surface area contributed by atoms with Gasteiger partial charge in [0.2, 0.25) is 5.89 Å². The van der Waals surface area contributed by atoms with Crippen LogP contribution in [-0.2, 0) is 5.33 Å². The lowest BCUT2D eigenvalue weighted by Crippen LogP contribution is -1.77. The maximum absolute atomic E-state index is 5.52. The molecule has 0 N–H and O–H groups in total. The summed E-state index contributed by atoms with van der Waals surface area (Å²) in [6.45, 7) is 2.05. The largest absolute Gasteiger partial charge is 0.440 e. The molecule has 0 bridgehead atoms. The molecule has 0 unspecified atom stereocenters. The fourth-order valence-electron chi connectivity index (χ4n) is 1.28. The fourth-order valence-corrected chi connectivity index (χ4v) is 1.54. The zero-order valence-electron chi connectivity index (χ0n) is 7.83. The second kappa shape index (κ2) is 3.96. The molecule has 0 amide bonds. The molecule has 14 heavy (non-hydrogen) atoms. The summed E-state index contributed by atoms with van der Waals surface area (Å²) in [5.41, 5.74) is 2.23. The van der Waals surface area contributed by atoms with E-state index in [0.29, 0.717) is 11.2 Å². The first-order valence-corrected chi connectivity index (χ1v) is 5.49. The molecule has 0 saturated carbocycles. The van der Waals surface area contributed by atoms with E-state index in [-0.39, 0.29) is 0 Å². The van der Waals surface area contributed by atoms with Crippen LogP contribution >= 0.6 is 15.9 Å². The summed E-state index contributed by atoms with van der Waals surface area (Å²) in [7, 11) is 0. The zero-order valence-corrected chi connectivity index (χ0v) is 9.41. The molecule has 0 aliphatic rings. The van der Waals surface area contributed by atoms with E-state index >= 15 is 0 Å². The number of oxazole rings is 1. The van der Waals surface area contributed by atoms with Gasteiger partial charge in [-0.1, -0.05) is 33.6 Å². The molecule has 1 heterocycles. The number of hydrogen-bond donors (Lipinski definition) is 0. The minimum Gasteiger partial charge on any atom is -0.440 e. The van der Waals surface area contributed by atoms with E-state index < -0.39 is 0 Å². The number of aryl methyl sites for hydroxylation is 1. The van der Waals surface area contributed by atoms with Crippen molar-refractivity contribution in [3.63, 3.8) is 0 Å². The van der Waals surface area contributed by atoms with E-state index in [4.69, 9.17) is 4.42 Å². The maximum atomic E-state index is 5.52. The summed E-state index contributed by atoms with van der Waals surface area (Å²) >= 11 is 3.32. The Morgan fingerprint density at radius 3 is 2.93 bits per heavy atom. The normalized spacial score (nSPS) is 10.4. The first-order valence-electron chi connectivity index (χ1n) is 4.37. The Labute approximate surface area is 91.1 Å². The highest BCUT2D eigenvalue weighted by atomic mass is 79.9. The van der Waals surface area contributed by atoms with Crippen molar-refractivity contribution in [3.8, 4) is 11.5 Å². The summed E-state index contributed by atoms with van der Waals surface area (Å²) in [6, 6.07) is 8.11. The maximum Gasteiger partial charge on any atom is 0.226 e. The van der Waals surface area contributed by atoms with Gasteiger partial charge in [0.1, 0.15) is 5.76 Å². The molecule has 0 spiro atoms. The molecular formula is C11H10BrNO. The van der Waals surface area contributed by atoms with E-state index in [1.54, 1.807) is 6.20 Å². The standard InChI is InChI=1S/C11H10BrNO/c1-8-3-2-4-9(5-8)11-13-7-10(6-12)14-11/h2-5,7H,6H2,1H3. The first-order chi connectivity index (χ1) is 6.79. The van der Waals surface area contributed by atoms with E-state index in [1.807, 2.05) is 12.1 Å². The van der Waals surface area contributed by atoms with Crippen molar-refractivity contribution in [2.24, 2.45) is 0 Å². The van der Waals surface area contributed by atoms with Crippen LogP contribution in [0.2, 0.25) is 0 Å². The average Bonchev–Trinajstić information content (AvgIpc) is 2.66. The molecule has 2 nitrogen and oxygen atoms in total. The number of rotatable bonds is 2. The van der Waals surface area contributed by atoms with Crippen molar-refractivity contribution in [1.29, 1.82) is 0 Å². The highest BCUT2D eigenvalue weighted by Gasteiger charge is 2.04. The SMILES string of the molecule is Cc1cccc(-c2ncc(CBr)o2)c1. The Morgan fingerprint density at radius 2 is 2.29 bits per heavy atom. The molecule has 2 aromatic rings. The highest BCUT2D eigenvalue weighted by Crippen LogP contribution is 2.20. The second-order valence-corrected chi connectivity index (χ2v) is 3.70. The van der Waals surface area contributed by atoms with Crippen LogP contribution in [0.25, 0.3) is 11.5 Å². The minimum absolute atomic E-state index is 0.683. The van der Waals surface area contributed by atoms with Gasteiger partial charge in [0.05, 0.1) is 11.5 Å². The molecule has 3 heteroatoms. The molecule has 0 aliphatic carbocycles. The van der Waals surface area contributed by atoms with Crippen LogP contribution in [-0.4, -0.2) is 4.98 Å². The smallest absolute Gasteiger partial charge is 0.226 e. The minimum atomic E-state index is 0.683. The van der Waals surface area contributed by atoms with Gasteiger partial charge in [0, 0.05) is 5.56 Å². The summed E-state index contributed by atoms with van der Waals surface area (Å²) in [5.74, 6) is 1.53. The molecule has 1 aromatic heterocycles. The lowest BCUT2D eigenvalue weighted by atomic mass is 10.1. The Morgan fingerprint density at radius 1 is 1.43 bits per heavy atom. The summed E-state index contributed by atoms with van der Waals surface area (Å²) < 4.78 is 5.52. The third-order valence-corrected chi connectivity index (χ3v) is 2.50. The number of hydrogen-bond acceptors (Lipinski definition) is 2. The van der Waals surface area contributed by atoms with Gasteiger partial charge in [-0.25, -0.2) is 4.98 Å². The molecule has 0 aliphatic heterocycles. The van der Waals surface area contributed by atoms with Gasteiger partial charge in [0.25, 0.3) is 0 Å². The summed E-state index contributed by atoms with van der Waals surface area (Å²) in [5, 5.41) is 0.700. The predicted octanol–water partition coefficient (Wildman–Crippen LogP) is 3.54. The van der Waals surface area contributed by atoms with Crippen molar-refractivity contribution in [3.05, 3.63) is 41.8 Å². The number of halogens is 1. The summed E-state index contributed by atoms with van der Waals surface area (Å²) in [6.07, 6.45) is 1.74. The number of nitrogens with zero attached hydrogens (tertiary/aromatic N) is 1. The molecule has 0 fully saturated rings. The van der Waals surface area contributed by atoms with E-state index in [0.717, 1.165) is 11.3 Å². The fraction of sp³-hybridized carbons (Fsp3) is 0.182. The molecular weight excluding hydrogens is 242 g/mol. The van der Waals surface area contributed by atoms with Crippen LogP contribution in [0, 0.1) is 6.92 Å². The molecule has 0 radical (unpaired) electrons. The third-order valence-electron chi connectivity index (χ3n) is 1.95. The first kappa shape index (κ1) is 9.46. The van der Waals surface area contributed by atoms with Gasteiger partial charge in [0.15, 0.2) is 0 Å². The van der Waals surface area contributed by atoms with E-state index in [2.05, 4.69) is 40.0 Å². The van der Waals surface area contributed by atoms with Crippen LogP contribution in [0.1, 0.15) is 11.3 Å². The Kier molecular flexibility index (Phi) is 2.68. The molecule has 72 valence electrons. The van der Waals surface area contributed by atoms with E-state index in [9.17, 15) is 0 Å². The lowest BCUT2D eigenvalue weighted by Gasteiger charge is -1.96. The van der Waals surface area contributed by atoms with Gasteiger partial charge in [-0.15, -0.1) is 0 Å². The van der Waals surface area contributed by atoms with E-state index in [1.165, 1.54) is 5.56 Å². The van der Waals surface area contributed by atoms with Crippen molar-refractivity contribution < 1.29 is 4.42 Å². The van der Waals surface area contributed by atoms with Crippen molar-refractivity contribution in [2.75, 3.05) is 0 Å². The van der Waals surface area contributed by atoms with Gasteiger partial charge in [-0.2, -0.15) is 0 Å². The van der Waals surface area contributed by atoms with Crippen LogP contribution < -0.4 is 0 Å². The highest BCUT2D eigenvalue weighted by molar-refractivity contribution is 9.08. The monoisotopic (exact) mass is 251 g/mol. The quantitative estimate of drug-likeness (QED) is 0.764. The summed E-state index contributed by atoms with van der Waals surface area (Å²) in [4.78, 5) is 4.20. The lowest BCUT2D eigenvalue weighted by molar-refractivity contribution is 0.540. The van der Waals surface area contributed by atoms with Crippen LogP contribution in [0.4, 0.5) is 0 Å². The zero-order chi connectivity index (χ0) is 9.97. The molecule has 1 aromatic carbocycles. The molecule has 0 atom stereocenters. The van der Waals surface area contributed by atoms with Crippen molar-refractivity contribution in [2.45, 2.75) is 12.3 Å². The Hall–Kier alpha value is -1.09. The van der Waals surface area contributed by atoms with Gasteiger partial charge in [-0.05, 0) is 19.1 Å². The number of alkyl halides is 1. The molecule has 2 rings (SSSR count). The van der Waals surface area contributed by atoms with Crippen LogP contribution in [0.5, 0.6) is 0 Å². The van der Waals surface area contributed by atoms with Gasteiger partial charge >= 0.3 is 0 Å². The van der Waals surface area contributed by atoms with Crippen LogP contribution in [0.15, 0.2) is 34.9 Å². The number of aromatic nitrogens is 1. The topological polar surface area (TPSA) is 26.0 Å². The third kappa shape index (κ3) is 1.87.